The number of ether oxygens (including phenoxy) is 1. The number of benzene rings is 1. The summed E-state index contributed by atoms with van der Waals surface area (Å²) in [5.41, 5.74) is 0.675. The number of carbonyl (C=O) groups excluding carboxylic acids is 1. The second-order valence-electron chi connectivity index (χ2n) is 6.31. The monoisotopic (exact) mass is 388 g/mol. The lowest BCUT2D eigenvalue weighted by molar-refractivity contribution is 0.0849. The number of halogens is 1. The van der Waals surface area contributed by atoms with Gasteiger partial charge in [-0.25, -0.2) is 9.67 Å². The first-order valence-corrected chi connectivity index (χ1v) is 8.96. The van der Waals surface area contributed by atoms with E-state index in [1.54, 1.807) is 12.1 Å². The predicted molar refractivity (Wildman–Crippen MR) is 97.8 cm³/mol. The van der Waals surface area contributed by atoms with Crippen LogP contribution < -0.4 is 10.9 Å². The van der Waals surface area contributed by atoms with E-state index in [4.69, 9.17) is 16.3 Å². The van der Waals surface area contributed by atoms with Crippen LogP contribution in [-0.2, 0) is 11.3 Å². The molecule has 1 aliphatic heterocycles. The average molecular weight is 389 g/mol. The lowest BCUT2D eigenvalue weighted by Gasteiger charge is -2.10. The van der Waals surface area contributed by atoms with E-state index in [1.807, 2.05) is 12.1 Å². The number of hydrogen-bond donors (Lipinski definition) is 2. The molecule has 1 amide bonds. The lowest BCUT2D eigenvalue weighted by atomic mass is 10.2. The first kappa shape index (κ1) is 17.6. The molecule has 9 nitrogen and oxygen atoms in total. The van der Waals surface area contributed by atoms with Crippen LogP contribution in [0.15, 0.2) is 29.1 Å². The highest BCUT2D eigenvalue weighted by atomic mass is 35.5. The van der Waals surface area contributed by atoms with Crippen LogP contribution in [0.2, 0.25) is 5.02 Å². The van der Waals surface area contributed by atoms with Gasteiger partial charge in [-0.05, 0) is 30.5 Å². The summed E-state index contributed by atoms with van der Waals surface area (Å²) in [5, 5.41) is 11.2. The van der Waals surface area contributed by atoms with Crippen LogP contribution in [0.25, 0.3) is 11.2 Å². The second-order valence-corrected chi connectivity index (χ2v) is 6.75. The van der Waals surface area contributed by atoms with Gasteiger partial charge >= 0.3 is 0 Å². The van der Waals surface area contributed by atoms with E-state index in [-0.39, 0.29) is 23.1 Å². The van der Waals surface area contributed by atoms with Crippen molar-refractivity contribution in [3.8, 4) is 0 Å². The van der Waals surface area contributed by atoms with Gasteiger partial charge in [-0.1, -0.05) is 28.9 Å². The van der Waals surface area contributed by atoms with Crippen molar-refractivity contribution in [3.05, 3.63) is 51.0 Å². The molecular weight excluding hydrogens is 372 g/mol. The zero-order valence-electron chi connectivity index (χ0n) is 14.3. The number of fused-ring (bicyclic) bond motifs is 1. The van der Waals surface area contributed by atoms with Crippen LogP contribution in [-0.4, -0.2) is 50.1 Å². The molecule has 1 atom stereocenters. The molecule has 3 aromatic rings. The van der Waals surface area contributed by atoms with Crippen molar-refractivity contribution in [1.82, 2.24) is 30.3 Å². The van der Waals surface area contributed by atoms with Gasteiger partial charge in [0.25, 0.3) is 11.5 Å². The maximum absolute atomic E-state index is 12.4. The molecule has 0 saturated carbocycles. The first-order chi connectivity index (χ1) is 13.1. The summed E-state index contributed by atoms with van der Waals surface area (Å²) in [4.78, 5) is 31.3. The number of carbonyl (C=O) groups is 1. The van der Waals surface area contributed by atoms with Crippen LogP contribution in [0.5, 0.6) is 0 Å². The molecule has 0 aliphatic carbocycles. The molecule has 0 unspecified atom stereocenters. The van der Waals surface area contributed by atoms with Crippen molar-refractivity contribution in [2.45, 2.75) is 25.5 Å². The Morgan fingerprint density at radius 2 is 2.33 bits per heavy atom. The van der Waals surface area contributed by atoms with Gasteiger partial charge in [-0.2, -0.15) is 0 Å². The van der Waals surface area contributed by atoms with Crippen molar-refractivity contribution in [3.63, 3.8) is 0 Å². The minimum Gasteiger partial charge on any atom is -0.376 e. The fourth-order valence-electron chi connectivity index (χ4n) is 2.98. The van der Waals surface area contributed by atoms with E-state index in [2.05, 4.69) is 25.6 Å². The molecule has 140 valence electrons. The maximum atomic E-state index is 12.4. The molecule has 3 heterocycles. The lowest BCUT2D eigenvalue weighted by Crippen LogP contribution is -2.34. The molecule has 1 fully saturated rings. The molecule has 1 saturated heterocycles. The molecule has 1 aromatic carbocycles. The molecule has 1 aliphatic rings. The quantitative estimate of drug-likeness (QED) is 0.677. The fraction of sp³-hybridized carbons (Fsp3) is 0.353. The third kappa shape index (κ3) is 3.83. The number of rotatable bonds is 5. The average Bonchev–Trinajstić information content (AvgIpc) is 3.30. The summed E-state index contributed by atoms with van der Waals surface area (Å²) < 4.78 is 6.94. The van der Waals surface area contributed by atoms with Gasteiger partial charge in [0.2, 0.25) is 5.82 Å². The Morgan fingerprint density at radius 1 is 1.44 bits per heavy atom. The zero-order chi connectivity index (χ0) is 18.8. The molecule has 2 aromatic heterocycles. The van der Waals surface area contributed by atoms with Crippen molar-refractivity contribution in [2.24, 2.45) is 0 Å². The molecule has 10 heteroatoms. The summed E-state index contributed by atoms with van der Waals surface area (Å²) in [7, 11) is 0. The van der Waals surface area contributed by atoms with Crippen LogP contribution in [0, 0.1) is 0 Å². The third-order valence-electron chi connectivity index (χ3n) is 4.32. The van der Waals surface area contributed by atoms with Crippen molar-refractivity contribution in [1.29, 1.82) is 0 Å². The Hall–Kier alpha value is -2.78. The summed E-state index contributed by atoms with van der Waals surface area (Å²) >= 11 is 6.00. The standard InChI is InChI=1S/C17H17ClN6O3/c18-11-4-1-3-10(7-11)9-24-15-13(22-23-24)16(25)21-14(20-15)17(26)19-8-12-5-2-6-27-12/h1,3-4,7,12H,2,5-6,8-9H2,(H,19,26)(H,20,21,25)/t12-/m1/s1. The van der Waals surface area contributed by atoms with E-state index < -0.39 is 11.5 Å². The molecule has 0 radical (unpaired) electrons. The Balaban J connectivity index is 1.59. The number of H-pyrrole nitrogens is 1. The normalized spacial score (nSPS) is 16.7. The Kier molecular flexibility index (Phi) is 4.87. The Bertz CT molecular complexity index is 1040. The second kappa shape index (κ2) is 7.45. The predicted octanol–water partition coefficient (Wildman–Crippen LogP) is 1.13. The molecule has 27 heavy (non-hydrogen) atoms. The van der Waals surface area contributed by atoms with Crippen LogP contribution in [0.4, 0.5) is 0 Å². The van der Waals surface area contributed by atoms with E-state index in [1.165, 1.54) is 4.68 Å². The topological polar surface area (TPSA) is 115 Å². The van der Waals surface area contributed by atoms with Crippen LogP contribution in [0.1, 0.15) is 29.0 Å². The van der Waals surface area contributed by atoms with Gasteiger partial charge in [0.05, 0.1) is 12.6 Å². The van der Waals surface area contributed by atoms with Gasteiger partial charge in [0, 0.05) is 18.2 Å². The third-order valence-corrected chi connectivity index (χ3v) is 4.56. The highest BCUT2D eigenvalue weighted by Gasteiger charge is 2.19. The summed E-state index contributed by atoms with van der Waals surface area (Å²) in [6.45, 7) is 1.40. The number of amides is 1. The minimum atomic E-state index is -0.514. The highest BCUT2D eigenvalue weighted by Crippen LogP contribution is 2.13. The molecule has 0 spiro atoms. The van der Waals surface area contributed by atoms with E-state index >= 15 is 0 Å². The Morgan fingerprint density at radius 3 is 3.11 bits per heavy atom. The van der Waals surface area contributed by atoms with E-state index in [0.29, 0.717) is 24.7 Å². The van der Waals surface area contributed by atoms with Gasteiger partial charge in [-0.15, -0.1) is 5.10 Å². The number of nitrogens with one attached hydrogen (secondary N) is 2. The van der Waals surface area contributed by atoms with Crippen molar-refractivity contribution >= 4 is 28.7 Å². The molecule has 2 N–H and O–H groups in total. The zero-order valence-corrected chi connectivity index (χ0v) is 15.1. The number of hydrogen-bond acceptors (Lipinski definition) is 6. The smallest absolute Gasteiger partial charge is 0.287 e. The minimum absolute atomic E-state index is 0.000531. The van der Waals surface area contributed by atoms with Gasteiger partial charge < -0.3 is 15.0 Å². The van der Waals surface area contributed by atoms with E-state index in [9.17, 15) is 9.59 Å². The van der Waals surface area contributed by atoms with Gasteiger partial charge in [0.1, 0.15) is 0 Å². The van der Waals surface area contributed by atoms with Crippen LogP contribution in [0.3, 0.4) is 0 Å². The first-order valence-electron chi connectivity index (χ1n) is 8.58. The molecule has 4 rings (SSSR count). The number of nitrogens with zero attached hydrogens (tertiary/aromatic N) is 4. The highest BCUT2D eigenvalue weighted by molar-refractivity contribution is 6.30. The number of aromatic amines is 1. The SMILES string of the molecule is O=C(NC[C@H]1CCCO1)c1nc2c(nnn2Cc2cccc(Cl)c2)c(=O)[nH]1. The summed E-state index contributed by atoms with van der Waals surface area (Å²) in [5.74, 6) is -0.555. The summed E-state index contributed by atoms with van der Waals surface area (Å²) in [6.07, 6.45) is 1.88. The Labute approximate surface area is 158 Å². The maximum Gasteiger partial charge on any atom is 0.287 e. The summed E-state index contributed by atoms with van der Waals surface area (Å²) in [6, 6.07) is 7.25. The fourth-order valence-corrected chi connectivity index (χ4v) is 3.20. The van der Waals surface area contributed by atoms with Gasteiger partial charge in [0.15, 0.2) is 11.2 Å². The van der Waals surface area contributed by atoms with Gasteiger partial charge in [-0.3, -0.25) is 9.59 Å². The number of aromatic nitrogens is 5. The van der Waals surface area contributed by atoms with Crippen molar-refractivity contribution < 1.29 is 9.53 Å². The van der Waals surface area contributed by atoms with E-state index in [0.717, 1.165) is 18.4 Å². The largest absolute Gasteiger partial charge is 0.376 e. The van der Waals surface area contributed by atoms with Crippen molar-refractivity contribution in [2.75, 3.05) is 13.2 Å². The van der Waals surface area contributed by atoms with Crippen LogP contribution >= 0.6 is 11.6 Å². The molecule has 0 bridgehead atoms. The molecular formula is C17H17ClN6O3.